The molecule has 0 radical (unpaired) electrons. The van der Waals surface area contributed by atoms with Gasteiger partial charge in [-0.2, -0.15) is 0 Å². The summed E-state index contributed by atoms with van der Waals surface area (Å²) in [5, 5.41) is 9.87. The lowest BCUT2D eigenvalue weighted by Crippen LogP contribution is -2.30. The predicted octanol–water partition coefficient (Wildman–Crippen LogP) is 1.84. The molecule has 0 spiro atoms. The minimum Gasteiger partial charge on any atom is -0.507 e. The van der Waals surface area contributed by atoms with E-state index < -0.39 is 5.91 Å². The minimum absolute atomic E-state index is 0.00992. The van der Waals surface area contributed by atoms with Gasteiger partial charge in [-0.1, -0.05) is 18.7 Å². The van der Waals surface area contributed by atoms with E-state index in [1.807, 2.05) is 0 Å². The molecule has 2 amide bonds. The molecule has 1 aliphatic heterocycles. The van der Waals surface area contributed by atoms with Crippen LogP contribution in [0.3, 0.4) is 0 Å². The van der Waals surface area contributed by atoms with Crippen molar-refractivity contribution in [2.45, 2.75) is 13.5 Å². The van der Waals surface area contributed by atoms with Crippen molar-refractivity contribution in [3.63, 3.8) is 0 Å². The molecule has 0 saturated heterocycles. The number of ketones is 1. The van der Waals surface area contributed by atoms with Crippen molar-refractivity contribution >= 4 is 23.3 Å². The Labute approximate surface area is 155 Å². The van der Waals surface area contributed by atoms with Crippen LogP contribution in [-0.4, -0.2) is 34.1 Å². The first-order valence-electron chi connectivity index (χ1n) is 8.23. The number of primary amides is 1. The molecule has 27 heavy (non-hydrogen) atoms. The fourth-order valence-corrected chi connectivity index (χ4v) is 3.20. The zero-order valence-corrected chi connectivity index (χ0v) is 14.8. The first-order valence-corrected chi connectivity index (χ1v) is 8.23. The summed E-state index contributed by atoms with van der Waals surface area (Å²) in [7, 11) is 0. The summed E-state index contributed by atoms with van der Waals surface area (Å²) in [6, 6.07) is 8.09. The number of aromatic hydroxyl groups is 1. The maximum Gasteiger partial charge on any atom is 0.256 e. The molecule has 0 aromatic heterocycles. The fourth-order valence-electron chi connectivity index (χ4n) is 3.20. The van der Waals surface area contributed by atoms with Crippen LogP contribution >= 0.6 is 0 Å². The van der Waals surface area contributed by atoms with Crippen LogP contribution in [-0.2, 0) is 11.3 Å². The molecule has 7 heteroatoms. The number of fused-ring (bicyclic) bond motifs is 1. The third-order valence-corrected chi connectivity index (χ3v) is 4.61. The normalized spacial score (nSPS) is 12.8. The first-order chi connectivity index (χ1) is 12.7. The fraction of sp³-hybridized carbons (Fsp3) is 0.150. The standard InChI is InChI=1S/C20H19N3O4/c1-10(19(22)26)8-23-9-15-13(4-5-16(21)18(15)20(23)27)12-3-6-17(25)14(7-12)11(2)24/h3-7,25H,1,8-9,21H2,2H3,(H2,22,26). The van der Waals surface area contributed by atoms with Gasteiger partial charge in [0.05, 0.1) is 17.7 Å². The summed E-state index contributed by atoms with van der Waals surface area (Å²) in [6.45, 7) is 5.20. The molecule has 0 unspecified atom stereocenters. The van der Waals surface area contributed by atoms with Gasteiger partial charge in [-0.05, 0) is 41.8 Å². The van der Waals surface area contributed by atoms with Crippen LogP contribution in [0, 0.1) is 0 Å². The number of carbonyl (C=O) groups excluding carboxylic acids is 3. The van der Waals surface area contributed by atoms with Crippen LogP contribution in [0.4, 0.5) is 5.69 Å². The van der Waals surface area contributed by atoms with Gasteiger partial charge in [-0.25, -0.2) is 0 Å². The molecule has 1 aliphatic rings. The molecule has 5 N–H and O–H groups in total. The van der Waals surface area contributed by atoms with Crippen LogP contribution in [0.25, 0.3) is 11.1 Å². The number of phenols is 1. The van der Waals surface area contributed by atoms with E-state index in [1.165, 1.54) is 17.9 Å². The second-order valence-corrected chi connectivity index (χ2v) is 6.47. The highest BCUT2D eigenvalue weighted by Crippen LogP contribution is 2.37. The van der Waals surface area contributed by atoms with E-state index in [0.29, 0.717) is 22.4 Å². The molecular weight excluding hydrogens is 346 g/mol. The van der Waals surface area contributed by atoms with E-state index in [0.717, 1.165) is 5.56 Å². The van der Waals surface area contributed by atoms with Crippen molar-refractivity contribution in [3.05, 3.63) is 59.2 Å². The molecule has 7 nitrogen and oxygen atoms in total. The van der Waals surface area contributed by atoms with Gasteiger partial charge in [-0.3, -0.25) is 14.4 Å². The molecule has 0 fully saturated rings. The van der Waals surface area contributed by atoms with Gasteiger partial charge in [0, 0.05) is 17.8 Å². The number of amides is 2. The van der Waals surface area contributed by atoms with E-state index in [9.17, 15) is 19.5 Å². The number of Topliss-reactive ketones (excluding diaryl/α,β-unsaturated/α-hetero) is 1. The van der Waals surface area contributed by atoms with Crippen molar-refractivity contribution in [2.24, 2.45) is 5.73 Å². The smallest absolute Gasteiger partial charge is 0.256 e. The van der Waals surface area contributed by atoms with Crippen molar-refractivity contribution in [3.8, 4) is 16.9 Å². The summed E-state index contributed by atoms with van der Waals surface area (Å²) in [5.41, 5.74) is 14.3. The van der Waals surface area contributed by atoms with Crippen molar-refractivity contribution in [2.75, 3.05) is 12.3 Å². The predicted molar refractivity (Wildman–Crippen MR) is 101 cm³/mol. The van der Waals surface area contributed by atoms with Gasteiger partial charge in [0.25, 0.3) is 5.91 Å². The van der Waals surface area contributed by atoms with Gasteiger partial charge >= 0.3 is 0 Å². The zero-order valence-electron chi connectivity index (χ0n) is 14.8. The van der Waals surface area contributed by atoms with Crippen molar-refractivity contribution < 1.29 is 19.5 Å². The average Bonchev–Trinajstić information content (AvgIpc) is 2.93. The molecular formula is C20H19N3O4. The monoisotopic (exact) mass is 365 g/mol. The SMILES string of the molecule is C=C(CN1Cc2c(-c3ccc(O)c(C(C)=O)c3)ccc(N)c2C1=O)C(N)=O. The third kappa shape index (κ3) is 3.15. The van der Waals surface area contributed by atoms with Gasteiger partial charge in [-0.15, -0.1) is 0 Å². The molecule has 0 aliphatic carbocycles. The Morgan fingerprint density at radius 1 is 1.26 bits per heavy atom. The number of benzene rings is 2. The summed E-state index contributed by atoms with van der Waals surface area (Å²) in [5.74, 6) is -1.35. The van der Waals surface area contributed by atoms with E-state index in [4.69, 9.17) is 11.5 Å². The quantitative estimate of drug-likeness (QED) is 0.423. The Morgan fingerprint density at radius 2 is 1.96 bits per heavy atom. The number of nitrogen functional groups attached to an aromatic ring is 1. The molecule has 0 atom stereocenters. The van der Waals surface area contributed by atoms with E-state index in [-0.39, 0.29) is 41.7 Å². The Morgan fingerprint density at radius 3 is 2.59 bits per heavy atom. The summed E-state index contributed by atoms with van der Waals surface area (Å²) in [4.78, 5) is 37.2. The van der Waals surface area contributed by atoms with Crippen molar-refractivity contribution in [1.82, 2.24) is 4.90 Å². The second kappa shape index (κ2) is 6.60. The van der Waals surface area contributed by atoms with Crippen LogP contribution in [0.1, 0.15) is 33.2 Å². The van der Waals surface area contributed by atoms with Gasteiger partial charge < -0.3 is 21.5 Å². The van der Waals surface area contributed by atoms with Gasteiger partial charge in [0.1, 0.15) is 5.75 Å². The molecule has 3 rings (SSSR count). The molecule has 1 heterocycles. The minimum atomic E-state index is -0.670. The highest BCUT2D eigenvalue weighted by molar-refractivity contribution is 6.06. The first kappa shape index (κ1) is 18.2. The second-order valence-electron chi connectivity index (χ2n) is 6.47. The van der Waals surface area contributed by atoms with E-state index in [2.05, 4.69) is 6.58 Å². The van der Waals surface area contributed by atoms with Crippen LogP contribution in [0.15, 0.2) is 42.5 Å². The molecule has 0 bridgehead atoms. The van der Waals surface area contributed by atoms with Crippen LogP contribution < -0.4 is 11.5 Å². The lowest BCUT2D eigenvalue weighted by molar-refractivity contribution is -0.114. The lowest BCUT2D eigenvalue weighted by atomic mass is 9.94. The third-order valence-electron chi connectivity index (χ3n) is 4.61. The molecule has 2 aromatic rings. The number of rotatable bonds is 5. The number of nitrogens with zero attached hydrogens (tertiary/aromatic N) is 1. The van der Waals surface area contributed by atoms with E-state index in [1.54, 1.807) is 24.3 Å². The Balaban J connectivity index is 2.07. The lowest BCUT2D eigenvalue weighted by Gasteiger charge is -2.16. The van der Waals surface area contributed by atoms with Crippen molar-refractivity contribution in [1.29, 1.82) is 0 Å². The largest absolute Gasteiger partial charge is 0.507 e. The topological polar surface area (TPSA) is 127 Å². The Kier molecular flexibility index (Phi) is 4.45. The Bertz CT molecular complexity index is 1010. The number of phenolic OH excluding ortho intramolecular Hbond substituents is 1. The number of hydrogen-bond acceptors (Lipinski definition) is 5. The molecule has 0 saturated carbocycles. The average molecular weight is 365 g/mol. The van der Waals surface area contributed by atoms with Crippen LogP contribution in [0.5, 0.6) is 5.75 Å². The Hall–Kier alpha value is -3.61. The van der Waals surface area contributed by atoms with E-state index >= 15 is 0 Å². The summed E-state index contributed by atoms with van der Waals surface area (Å²) in [6.07, 6.45) is 0. The highest BCUT2D eigenvalue weighted by Gasteiger charge is 2.32. The van der Waals surface area contributed by atoms with Crippen LogP contribution in [0.2, 0.25) is 0 Å². The summed E-state index contributed by atoms with van der Waals surface area (Å²) >= 11 is 0. The van der Waals surface area contributed by atoms with Gasteiger partial charge in [0.15, 0.2) is 5.78 Å². The number of anilines is 1. The highest BCUT2D eigenvalue weighted by atomic mass is 16.3. The van der Waals surface area contributed by atoms with Gasteiger partial charge in [0.2, 0.25) is 5.91 Å². The molecule has 2 aromatic carbocycles. The number of hydrogen-bond donors (Lipinski definition) is 3. The maximum absolute atomic E-state index is 12.7. The number of carbonyl (C=O) groups is 3. The summed E-state index contributed by atoms with van der Waals surface area (Å²) < 4.78 is 0. The maximum atomic E-state index is 12.7. The molecule has 138 valence electrons. The zero-order chi connectivity index (χ0) is 19.9. The number of nitrogens with two attached hydrogens (primary N) is 2.